The van der Waals surface area contributed by atoms with Gasteiger partial charge < -0.3 is 7.43 Å². The van der Waals surface area contributed by atoms with Gasteiger partial charge >= 0.3 is 172 Å². The Labute approximate surface area is 180 Å². The number of nitrogens with one attached hydrogen (secondary N) is 1. The van der Waals surface area contributed by atoms with Crippen LogP contribution in [0.1, 0.15) is 49.0 Å². The Morgan fingerprint density at radius 3 is 2.83 bits per heavy atom. The number of nitrogens with zero attached hydrogens (tertiary/aromatic N) is 2. The number of likely N-dealkylation sites (tertiary alicyclic amines) is 1. The van der Waals surface area contributed by atoms with Crippen LogP contribution in [0.5, 0.6) is 5.75 Å². The second-order valence-electron chi connectivity index (χ2n) is 7.06. The summed E-state index contributed by atoms with van der Waals surface area (Å²) in [5.41, 5.74) is 4.45. The normalized spacial score (nSPS) is 15.6. The zero-order valence-electron chi connectivity index (χ0n) is 17.7. The van der Waals surface area contributed by atoms with Gasteiger partial charge in [0.25, 0.3) is 0 Å². The first kappa shape index (κ1) is 25.4. The molecule has 1 heterocycles. The van der Waals surface area contributed by atoms with Crippen LogP contribution in [-0.2, 0) is 24.5 Å². The molecule has 0 unspecified atom stereocenters. The summed E-state index contributed by atoms with van der Waals surface area (Å²) in [7, 11) is 0. The van der Waals surface area contributed by atoms with Crippen LogP contribution in [0, 0.1) is 14.4 Å². The minimum absolute atomic E-state index is 0. The summed E-state index contributed by atoms with van der Waals surface area (Å²) in [6, 6.07) is 3.31. The van der Waals surface area contributed by atoms with Crippen molar-refractivity contribution < 1.29 is 39.1 Å². The Balaban J connectivity index is 0.00000420. The van der Waals surface area contributed by atoms with Gasteiger partial charge in [0.15, 0.2) is 0 Å². The number of aliphatic hydroxyl groups is 1. The van der Waals surface area contributed by atoms with Gasteiger partial charge in [0.05, 0.1) is 0 Å². The van der Waals surface area contributed by atoms with Gasteiger partial charge in [-0.05, 0) is 0 Å². The predicted octanol–water partition coefficient (Wildman–Crippen LogP) is 3.17. The molecule has 0 spiro atoms. The monoisotopic (exact) mass is 445 g/mol. The number of aliphatic hydroxyl groups excluding tert-OH is 1. The van der Waals surface area contributed by atoms with Crippen molar-refractivity contribution in [1.82, 2.24) is 4.90 Å². The van der Waals surface area contributed by atoms with Crippen molar-refractivity contribution in [3.05, 3.63) is 30.7 Å². The molecule has 0 aliphatic carbocycles. The van der Waals surface area contributed by atoms with Gasteiger partial charge in [0.1, 0.15) is 0 Å². The number of anilines is 1. The smallest absolute Gasteiger partial charge is 0.358 e. The standard InChI is InChI=1S/C19H29N3O4.CH3.O.V/c1-13(2)25-8-5-9-26-18-11-17(21-20)16(10-14(18)3)19(24)22-7-4-6-15(22)12-23;;;/h10-11,13,15,21,23H,4-9,12H2,1-3H3;1H3;;/q;-1;;/t15-;;;/m0.../s1. The van der Waals surface area contributed by atoms with Crippen molar-refractivity contribution in [2.24, 2.45) is 3.90 Å². The van der Waals surface area contributed by atoms with Crippen LogP contribution >= 0.6 is 0 Å². The van der Waals surface area contributed by atoms with E-state index in [0.717, 1.165) is 24.8 Å². The van der Waals surface area contributed by atoms with Gasteiger partial charge in [0, 0.05) is 0 Å². The Morgan fingerprint density at radius 1 is 1.41 bits per heavy atom. The summed E-state index contributed by atoms with van der Waals surface area (Å²) in [6.07, 6.45) is 2.60. The van der Waals surface area contributed by atoms with Crippen LogP contribution in [-0.4, -0.2) is 54.4 Å². The second kappa shape index (κ2) is 12.9. The van der Waals surface area contributed by atoms with Gasteiger partial charge in [-0.15, -0.1) is 0 Å². The van der Waals surface area contributed by atoms with Crippen LogP contribution < -0.4 is 10.2 Å². The maximum absolute atomic E-state index is 13.0. The number of ether oxygens (including phenoxy) is 2. The average molecular weight is 445 g/mol. The number of carbonyl (C=O) groups is 1. The SMILES string of the molecule is Cc1cc(C(=O)N2CCC[C@H]2CO)c(N[N]=[V]=[O])cc1OCCCOC(C)C.[CH3-]. The molecule has 1 atom stereocenters. The molecule has 1 aromatic carbocycles. The summed E-state index contributed by atoms with van der Waals surface area (Å²) < 4.78 is 26.0. The zero-order valence-corrected chi connectivity index (χ0v) is 19.1. The molecule has 1 aliphatic rings. The van der Waals surface area contributed by atoms with E-state index in [2.05, 4.69) is 9.33 Å². The van der Waals surface area contributed by atoms with E-state index in [-0.39, 0.29) is 32.1 Å². The van der Waals surface area contributed by atoms with Crippen molar-refractivity contribution >= 4 is 11.6 Å². The van der Waals surface area contributed by atoms with E-state index < -0.39 is 16.0 Å². The number of hydrogen-bond donors (Lipinski definition) is 2. The molecule has 9 heteroatoms. The molecule has 0 saturated carbocycles. The molecule has 2 rings (SSSR count). The Bertz CT molecular complexity index is 722. The fraction of sp³-hybridized carbons (Fsp3) is 0.600. The van der Waals surface area contributed by atoms with Gasteiger partial charge in [-0.2, -0.15) is 0 Å². The molecule has 1 aliphatic heterocycles. The fourth-order valence-electron chi connectivity index (χ4n) is 3.19. The molecular formula is C20H32N3O5V-. The number of benzene rings is 1. The minimum Gasteiger partial charge on any atom is -0.358 e. The third-order valence-corrected chi connectivity index (χ3v) is 4.89. The summed E-state index contributed by atoms with van der Waals surface area (Å²) >= 11 is -1.44. The Morgan fingerprint density at radius 2 is 2.17 bits per heavy atom. The fourth-order valence-corrected chi connectivity index (χ4v) is 3.43. The van der Waals surface area contributed by atoms with Crippen LogP contribution in [0.15, 0.2) is 16.0 Å². The molecule has 1 aromatic rings. The molecule has 8 nitrogen and oxygen atoms in total. The summed E-state index contributed by atoms with van der Waals surface area (Å²) in [4.78, 5) is 14.7. The summed E-state index contributed by atoms with van der Waals surface area (Å²) in [5, 5.41) is 9.52. The van der Waals surface area contributed by atoms with E-state index >= 15 is 0 Å². The Hall–Kier alpha value is -1.61. The molecule has 0 radical (unpaired) electrons. The number of amides is 1. The maximum atomic E-state index is 13.0. The first-order valence-electron chi connectivity index (χ1n) is 9.57. The van der Waals surface area contributed by atoms with Crippen molar-refractivity contribution in [1.29, 1.82) is 0 Å². The third-order valence-electron chi connectivity index (χ3n) is 4.60. The van der Waals surface area contributed by atoms with Gasteiger partial charge in [0.2, 0.25) is 0 Å². The van der Waals surface area contributed by atoms with E-state index in [9.17, 15) is 13.6 Å². The Kier molecular flexibility index (Phi) is 11.3. The number of aryl methyl sites for hydroxylation is 1. The third kappa shape index (κ3) is 7.30. The van der Waals surface area contributed by atoms with Gasteiger partial charge in [-0.25, -0.2) is 0 Å². The zero-order chi connectivity index (χ0) is 20.5. The molecule has 0 aromatic heterocycles. The molecule has 29 heavy (non-hydrogen) atoms. The van der Waals surface area contributed by atoms with Crippen molar-refractivity contribution in [2.45, 2.75) is 52.2 Å². The van der Waals surface area contributed by atoms with Crippen molar-refractivity contribution in [3.8, 4) is 5.75 Å². The number of rotatable bonds is 10. The van der Waals surface area contributed by atoms with Crippen LogP contribution in [0.3, 0.4) is 0 Å². The topological polar surface area (TPSA) is 100 Å². The molecular weight excluding hydrogens is 413 g/mol. The molecule has 1 amide bonds. The van der Waals surface area contributed by atoms with Crippen molar-refractivity contribution in [3.63, 3.8) is 0 Å². The number of hydrogen-bond acceptors (Lipinski definition) is 7. The van der Waals surface area contributed by atoms with Crippen molar-refractivity contribution in [2.75, 3.05) is 31.8 Å². The number of carbonyl (C=O) groups excluding carboxylic acids is 1. The second-order valence-corrected chi connectivity index (χ2v) is 7.62. The molecule has 163 valence electrons. The van der Waals surface area contributed by atoms with E-state index in [4.69, 9.17) is 9.47 Å². The first-order valence-corrected chi connectivity index (χ1v) is 10.8. The summed E-state index contributed by atoms with van der Waals surface area (Å²) in [5.74, 6) is 0.470. The molecule has 2 N–H and O–H groups in total. The van der Waals surface area contributed by atoms with Gasteiger partial charge in [-0.3, -0.25) is 0 Å². The quantitative estimate of drug-likeness (QED) is 0.326. The van der Waals surface area contributed by atoms with E-state index in [1.807, 2.05) is 20.8 Å². The van der Waals surface area contributed by atoms with E-state index in [0.29, 0.717) is 36.8 Å². The average Bonchev–Trinajstić information content (AvgIpc) is 3.15. The molecule has 1 saturated heterocycles. The predicted molar refractivity (Wildman–Crippen MR) is 107 cm³/mol. The van der Waals surface area contributed by atoms with E-state index in [1.165, 1.54) is 0 Å². The summed E-state index contributed by atoms with van der Waals surface area (Å²) in [6.45, 7) is 7.52. The van der Waals surface area contributed by atoms with Crippen LogP contribution in [0.2, 0.25) is 0 Å². The van der Waals surface area contributed by atoms with Crippen LogP contribution in [0.25, 0.3) is 0 Å². The molecule has 0 bridgehead atoms. The van der Waals surface area contributed by atoms with Crippen LogP contribution in [0.4, 0.5) is 5.69 Å². The molecule has 1 fully saturated rings. The minimum atomic E-state index is -1.44. The van der Waals surface area contributed by atoms with E-state index in [1.54, 1.807) is 17.0 Å². The first-order chi connectivity index (χ1) is 13.5. The van der Waals surface area contributed by atoms with Gasteiger partial charge in [-0.1, -0.05) is 0 Å².